The van der Waals surface area contributed by atoms with Crippen LogP contribution in [0.25, 0.3) is 0 Å². The van der Waals surface area contributed by atoms with Gasteiger partial charge in [-0.25, -0.2) is 12.7 Å². The number of hydrogen-bond donors (Lipinski definition) is 1. The first-order valence-corrected chi connectivity index (χ1v) is 9.60. The predicted octanol–water partition coefficient (Wildman–Crippen LogP) is 1.28. The van der Waals surface area contributed by atoms with Crippen molar-refractivity contribution in [1.29, 1.82) is 0 Å². The quantitative estimate of drug-likeness (QED) is 0.739. The van der Waals surface area contributed by atoms with Crippen LogP contribution in [0.3, 0.4) is 0 Å². The van der Waals surface area contributed by atoms with Gasteiger partial charge in [-0.2, -0.15) is 0 Å². The van der Waals surface area contributed by atoms with Crippen LogP contribution in [-0.4, -0.2) is 53.2 Å². The summed E-state index contributed by atoms with van der Waals surface area (Å²) in [4.78, 5) is 12.2. The lowest BCUT2D eigenvalue weighted by molar-refractivity contribution is -0.113. The summed E-state index contributed by atoms with van der Waals surface area (Å²) in [5, 5.41) is 11.2. The second kappa shape index (κ2) is 7.77. The van der Waals surface area contributed by atoms with Crippen LogP contribution in [0.5, 0.6) is 0 Å². The molecule has 0 saturated carbocycles. The van der Waals surface area contributed by atoms with Gasteiger partial charge in [-0.3, -0.25) is 4.79 Å². The van der Waals surface area contributed by atoms with Crippen LogP contribution in [0.15, 0.2) is 40.6 Å². The zero-order chi connectivity index (χ0) is 17.7. The van der Waals surface area contributed by atoms with Crippen molar-refractivity contribution in [3.63, 3.8) is 0 Å². The van der Waals surface area contributed by atoms with E-state index in [4.69, 9.17) is 0 Å². The molecule has 0 spiro atoms. The maximum atomic E-state index is 12.0. The Bertz CT molecular complexity index is 800. The fourth-order valence-electron chi connectivity index (χ4n) is 1.82. The van der Waals surface area contributed by atoms with Gasteiger partial charge in [-0.05, 0) is 31.2 Å². The van der Waals surface area contributed by atoms with Crippen LogP contribution in [0.4, 0.5) is 5.69 Å². The summed E-state index contributed by atoms with van der Waals surface area (Å²) in [5.41, 5.74) is 0.537. The van der Waals surface area contributed by atoms with Crippen molar-refractivity contribution in [3.05, 3.63) is 30.6 Å². The third kappa shape index (κ3) is 4.34. The molecule has 0 fully saturated rings. The summed E-state index contributed by atoms with van der Waals surface area (Å²) < 4.78 is 26.9. The first-order valence-electron chi connectivity index (χ1n) is 7.17. The number of amides is 1. The second-order valence-electron chi connectivity index (χ2n) is 5.05. The lowest BCUT2D eigenvalue weighted by Crippen LogP contribution is -2.22. The van der Waals surface area contributed by atoms with Gasteiger partial charge in [-0.15, -0.1) is 10.2 Å². The SMILES string of the molecule is CCn1cnnc1SCC(=O)Nc1ccc(S(=O)(=O)N(C)C)cc1. The summed E-state index contributed by atoms with van der Waals surface area (Å²) in [6, 6.07) is 6.05. The van der Waals surface area contributed by atoms with Crippen LogP contribution in [-0.2, 0) is 21.4 Å². The summed E-state index contributed by atoms with van der Waals surface area (Å²) in [6.45, 7) is 2.70. The Morgan fingerprint density at radius 1 is 1.29 bits per heavy atom. The van der Waals surface area contributed by atoms with Gasteiger partial charge in [0.2, 0.25) is 15.9 Å². The molecule has 2 aromatic rings. The summed E-state index contributed by atoms with van der Waals surface area (Å²) in [5.74, 6) is -0.00921. The van der Waals surface area contributed by atoms with Gasteiger partial charge in [0.05, 0.1) is 10.6 Å². The fraction of sp³-hybridized carbons (Fsp3) is 0.357. The van der Waals surface area contributed by atoms with Crippen LogP contribution >= 0.6 is 11.8 Å². The monoisotopic (exact) mass is 369 g/mol. The summed E-state index contributed by atoms with van der Waals surface area (Å²) in [6.07, 6.45) is 1.62. The van der Waals surface area contributed by atoms with Crippen LogP contribution in [0, 0.1) is 0 Å². The number of nitrogens with one attached hydrogen (secondary N) is 1. The van der Waals surface area contributed by atoms with Crippen molar-refractivity contribution >= 4 is 33.4 Å². The Balaban J connectivity index is 1.95. The van der Waals surface area contributed by atoms with E-state index in [0.717, 1.165) is 10.8 Å². The van der Waals surface area contributed by atoms with E-state index >= 15 is 0 Å². The van der Waals surface area contributed by atoms with Crippen molar-refractivity contribution in [1.82, 2.24) is 19.1 Å². The molecule has 0 aliphatic carbocycles. The molecule has 24 heavy (non-hydrogen) atoms. The van der Waals surface area contributed by atoms with Crippen molar-refractivity contribution in [2.45, 2.75) is 23.5 Å². The van der Waals surface area contributed by atoms with Crippen molar-refractivity contribution in [2.24, 2.45) is 0 Å². The molecule has 0 aliphatic rings. The highest BCUT2D eigenvalue weighted by Gasteiger charge is 2.16. The molecule has 0 unspecified atom stereocenters. The third-order valence-electron chi connectivity index (χ3n) is 3.17. The van der Waals surface area contributed by atoms with Gasteiger partial charge in [0.15, 0.2) is 5.16 Å². The number of aromatic nitrogens is 3. The molecular weight excluding hydrogens is 350 g/mol. The molecule has 1 aromatic heterocycles. The third-order valence-corrected chi connectivity index (χ3v) is 5.98. The molecule has 8 nitrogen and oxygen atoms in total. The minimum atomic E-state index is -3.47. The summed E-state index contributed by atoms with van der Waals surface area (Å²) in [7, 11) is -0.532. The summed E-state index contributed by atoms with van der Waals surface area (Å²) >= 11 is 1.29. The highest BCUT2D eigenvalue weighted by molar-refractivity contribution is 7.99. The number of sulfonamides is 1. The Morgan fingerprint density at radius 3 is 2.54 bits per heavy atom. The molecule has 2 rings (SSSR count). The highest BCUT2D eigenvalue weighted by Crippen LogP contribution is 2.18. The van der Waals surface area contributed by atoms with E-state index < -0.39 is 10.0 Å². The van der Waals surface area contributed by atoms with E-state index in [0.29, 0.717) is 10.8 Å². The normalized spacial score (nSPS) is 11.7. The van der Waals surface area contributed by atoms with E-state index in [1.54, 1.807) is 18.5 Å². The number of nitrogens with zero attached hydrogens (tertiary/aromatic N) is 4. The van der Waals surface area contributed by atoms with Crippen LogP contribution in [0.1, 0.15) is 6.92 Å². The molecule has 0 aliphatic heterocycles. The minimum absolute atomic E-state index is 0.177. The number of carbonyl (C=O) groups excluding carboxylic acids is 1. The average Bonchev–Trinajstić information content (AvgIpc) is 3.01. The van der Waals surface area contributed by atoms with Gasteiger partial charge in [-0.1, -0.05) is 11.8 Å². The molecule has 1 heterocycles. The molecule has 1 aromatic carbocycles. The number of rotatable bonds is 7. The molecule has 1 amide bonds. The van der Waals surface area contributed by atoms with Gasteiger partial charge >= 0.3 is 0 Å². The standard InChI is InChI=1S/C14H19N5O3S2/c1-4-19-10-15-17-14(19)23-9-13(20)16-11-5-7-12(8-6-11)24(21,22)18(2)3/h5-8,10H,4,9H2,1-3H3,(H,16,20). The second-order valence-corrected chi connectivity index (χ2v) is 8.14. The first kappa shape index (κ1) is 18.4. The molecule has 1 N–H and O–H groups in total. The zero-order valence-electron chi connectivity index (χ0n) is 13.6. The number of benzene rings is 1. The van der Waals surface area contributed by atoms with Crippen LogP contribution in [0.2, 0.25) is 0 Å². The number of thioether (sulfide) groups is 1. The van der Waals surface area contributed by atoms with Crippen molar-refractivity contribution in [2.75, 3.05) is 25.2 Å². The highest BCUT2D eigenvalue weighted by atomic mass is 32.2. The Morgan fingerprint density at radius 2 is 1.96 bits per heavy atom. The Hall–Kier alpha value is -1.91. The lowest BCUT2D eigenvalue weighted by atomic mass is 10.3. The molecule has 0 saturated heterocycles. The van der Waals surface area contributed by atoms with Gasteiger partial charge < -0.3 is 9.88 Å². The van der Waals surface area contributed by atoms with E-state index in [-0.39, 0.29) is 16.6 Å². The maximum Gasteiger partial charge on any atom is 0.242 e. The molecular formula is C14H19N5O3S2. The van der Waals surface area contributed by atoms with E-state index in [1.807, 2.05) is 11.5 Å². The van der Waals surface area contributed by atoms with Gasteiger partial charge in [0.1, 0.15) is 6.33 Å². The Kier molecular flexibility index (Phi) is 5.97. The fourth-order valence-corrected chi connectivity index (χ4v) is 3.50. The van der Waals surface area contributed by atoms with Crippen molar-refractivity contribution in [3.8, 4) is 0 Å². The number of anilines is 1. The number of aryl methyl sites for hydroxylation is 1. The first-order chi connectivity index (χ1) is 11.3. The smallest absolute Gasteiger partial charge is 0.242 e. The molecule has 130 valence electrons. The zero-order valence-corrected chi connectivity index (χ0v) is 15.3. The Labute approximate surface area is 145 Å². The minimum Gasteiger partial charge on any atom is -0.325 e. The van der Waals surface area contributed by atoms with E-state index in [1.165, 1.54) is 38.0 Å². The van der Waals surface area contributed by atoms with Crippen molar-refractivity contribution < 1.29 is 13.2 Å². The average molecular weight is 369 g/mol. The molecule has 0 bridgehead atoms. The molecule has 0 radical (unpaired) electrons. The van der Waals surface area contributed by atoms with Crippen LogP contribution < -0.4 is 5.32 Å². The maximum absolute atomic E-state index is 12.0. The number of carbonyl (C=O) groups is 1. The number of hydrogen-bond acceptors (Lipinski definition) is 6. The molecule has 10 heteroatoms. The van der Waals surface area contributed by atoms with E-state index in [2.05, 4.69) is 15.5 Å². The largest absolute Gasteiger partial charge is 0.325 e. The predicted molar refractivity (Wildman–Crippen MR) is 92.4 cm³/mol. The van der Waals surface area contributed by atoms with Gasteiger partial charge in [0, 0.05) is 26.3 Å². The lowest BCUT2D eigenvalue weighted by Gasteiger charge is -2.12. The topological polar surface area (TPSA) is 97.2 Å². The molecule has 0 atom stereocenters. The van der Waals surface area contributed by atoms with E-state index in [9.17, 15) is 13.2 Å². The van der Waals surface area contributed by atoms with Gasteiger partial charge in [0.25, 0.3) is 0 Å².